The minimum absolute atomic E-state index is 0.0116. The number of rotatable bonds is 6. The number of thiazole rings is 1. The quantitative estimate of drug-likeness (QED) is 0.784. The molecule has 0 atom stereocenters. The Morgan fingerprint density at radius 2 is 2.25 bits per heavy atom. The maximum Gasteiger partial charge on any atom is 0.226 e. The van der Waals surface area contributed by atoms with Gasteiger partial charge in [-0.3, -0.25) is 4.79 Å². The summed E-state index contributed by atoms with van der Waals surface area (Å²) in [7, 11) is 0. The highest BCUT2D eigenvalue weighted by molar-refractivity contribution is 7.13. The highest BCUT2D eigenvalue weighted by Gasteiger charge is 2.10. The first kappa shape index (κ1) is 16.8. The molecule has 126 valence electrons. The second kappa shape index (κ2) is 8.20. The molecule has 2 aromatic rings. The molecule has 1 aliphatic rings. The molecular formula is C19H21FN2OS. The number of nitrogens with one attached hydrogen (secondary N) is 1. The fraction of sp³-hybridized carbons (Fsp3) is 0.368. The van der Waals surface area contributed by atoms with Crippen molar-refractivity contribution in [1.29, 1.82) is 0 Å². The Hall–Kier alpha value is -2.01. The summed E-state index contributed by atoms with van der Waals surface area (Å²) in [6.45, 7) is 0.686. The average Bonchev–Trinajstić information content (AvgIpc) is 3.04. The van der Waals surface area contributed by atoms with Crippen molar-refractivity contribution in [2.45, 2.75) is 38.5 Å². The van der Waals surface area contributed by atoms with Crippen LogP contribution in [0.3, 0.4) is 0 Å². The molecule has 3 rings (SSSR count). The monoisotopic (exact) mass is 344 g/mol. The Balaban J connectivity index is 1.49. The van der Waals surface area contributed by atoms with Gasteiger partial charge >= 0.3 is 0 Å². The van der Waals surface area contributed by atoms with Crippen LogP contribution in [0.5, 0.6) is 0 Å². The van der Waals surface area contributed by atoms with Gasteiger partial charge in [0.1, 0.15) is 10.8 Å². The number of hydrogen-bond donors (Lipinski definition) is 1. The molecule has 1 amide bonds. The number of carbonyl (C=O) groups excluding carboxylic acids is 1. The summed E-state index contributed by atoms with van der Waals surface area (Å²) in [6.07, 6.45) is 8.41. The van der Waals surface area contributed by atoms with E-state index < -0.39 is 0 Å². The van der Waals surface area contributed by atoms with Crippen LogP contribution in [0.4, 0.5) is 4.39 Å². The lowest BCUT2D eigenvalue weighted by molar-refractivity contribution is -0.120. The van der Waals surface area contributed by atoms with E-state index in [1.54, 1.807) is 6.07 Å². The molecule has 0 unspecified atom stereocenters. The van der Waals surface area contributed by atoms with Gasteiger partial charge in [-0.05, 0) is 44.2 Å². The predicted molar refractivity (Wildman–Crippen MR) is 95.4 cm³/mol. The first-order valence-corrected chi connectivity index (χ1v) is 9.23. The third-order valence-corrected chi connectivity index (χ3v) is 5.06. The summed E-state index contributed by atoms with van der Waals surface area (Å²) in [4.78, 5) is 16.5. The number of hydrogen-bond acceptors (Lipinski definition) is 3. The molecule has 1 N–H and O–H groups in total. The molecule has 24 heavy (non-hydrogen) atoms. The van der Waals surface area contributed by atoms with Crippen LogP contribution >= 0.6 is 11.3 Å². The molecule has 0 fully saturated rings. The van der Waals surface area contributed by atoms with E-state index in [4.69, 9.17) is 0 Å². The van der Waals surface area contributed by atoms with Crippen molar-refractivity contribution in [3.05, 3.63) is 52.8 Å². The number of carbonyl (C=O) groups is 1. The van der Waals surface area contributed by atoms with Crippen LogP contribution in [0.2, 0.25) is 0 Å². The lowest BCUT2D eigenvalue weighted by atomic mass is 9.97. The topological polar surface area (TPSA) is 42.0 Å². The molecule has 1 aliphatic carbocycles. The highest BCUT2D eigenvalue weighted by Crippen LogP contribution is 2.24. The van der Waals surface area contributed by atoms with Crippen LogP contribution in [0, 0.1) is 5.82 Å². The predicted octanol–water partition coefficient (Wildman–Crippen LogP) is 4.50. The van der Waals surface area contributed by atoms with Crippen LogP contribution in [0.1, 0.15) is 37.8 Å². The van der Waals surface area contributed by atoms with E-state index in [1.807, 2.05) is 11.4 Å². The third kappa shape index (κ3) is 4.74. The van der Waals surface area contributed by atoms with Gasteiger partial charge in [-0.2, -0.15) is 0 Å². The van der Waals surface area contributed by atoms with Crippen molar-refractivity contribution < 1.29 is 9.18 Å². The van der Waals surface area contributed by atoms with E-state index in [1.165, 1.54) is 54.7 Å². The lowest BCUT2D eigenvalue weighted by Crippen LogP contribution is -2.26. The summed E-state index contributed by atoms with van der Waals surface area (Å²) in [5, 5.41) is 5.57. The fourth-order valence-electron chi connectivity index (χ4n) is 2.86. The van der Waals surface area contributed by atoms with Gasteiger partial charge in [-0.25, -0.2) is 9.37 Å². The van der Waals surface area contributed by atoms with Gasteiger partial charge in [-0.1, -0.05) is 23.8 Å². The zero-order valence-corrected chi connectivity index (χ0v) is 14.4. The first-order valence-electron chi connectivity index (χ1n) is 8.35. The molecule has 0 spiro atoms. The maximum atomic E-state index is 13.3. The second-order valence-electron chi connectivity index (χ2n) is 6.04. The Kier molecular flexibility index (Phi) is 5.75. The molecule has 1 aromatic carbocycles. The van der Waals surface area contributed by atoms with Crippen LogP contribution in [0.25, 0.3) is 10.6 Å². The van der Waals surface area contributed by atoms with E-state index in [9.17, 15) is 9.18 Å². The number of aromatic nitrogens is 1. The molecule has 0 bridgehead atoms. The maximum absolute atomic E-state index is 13.3. The Bertz CT molecular complexity index is 738. The summed E-state index contributed by atoms with van der Waals surface area (Å²) in [5.41, 5.74) is 2.94. The van der Waals surface area contributed by atoms with Crippen molar-refractivity contribution in [1.82, 2.24) is 10.3 Å². The average molecular weight is 344 g/mol. The molecule has 1 heterocycles. The molecule has 0 aliphatic heterocycles. The first-order chi connectivity index (χ1) is 11.7. The molecule has 1 aromatic heterocycles. The zero-order chi connectivity index (χ0) is 16.8. The number of halogens is 1. The van der Waals surface area contributed by atoms with Gasteiger partial charge in [0.15, 0.2) is 0 Å². The fourth-order valence-corrected chi connectivity index (χ4v) is 3.68. The Morgan fingerprint density at radius 3 is 3.04 bits per heavy atom. The Morgan fingerprint density at radius 1 is 1.33 bits per heavy atom. The van der Waals surface area contributed by atoms with E-state index in [0.29, 0.717) is 6.54 Å². The van der Waals surface area contributed by atoms with Crippen molar-refractivity contribution in [2.24, 2.45) is 0 Å². The van der Waals surface area contributed by atoms with Crippen LogP contribution in [-0.2, 0) is 11.2 Å². The number of amides is 1. The van der Waals surface area contributed by atoms with Crippen LogP contribution in [0.15, 0.2) is 41.3 Å². The van der Waals surface area contributed by atoms with Gasteiger partial charge in [0.05, 0.1) is 12.1 Å². The standard InChI is InChI=1S/C19H21FN2OS/c20-16-8-4-7-15(11-16)19-22-17(13-24-19)12-18(23)21-10-9-14-5-2-1-3-6-14/h4-5,7-8,11,13H,1-3,6,9-10,12H2,(H,21,23). The number of benzene rings is 1. The number of nitrogens with zero attached hydrogens (tertiary/aromatic N) is 1. The minimum Gasteiger partial charge on any atom is -0.355 e. The van der Waals surface area contributed by atoms with E-state index in [0.717, 1.165) is 22.7 Å². The molecule has 3 nitrogen and oxygen atoms in total. The Labute approximate surface area is 145 Å². The molecule has 5 heteroatoms. The van der Waals surface area contributed by atoms with Crippen molar-refractivity contribution in [3.8, 4) is 10.6 Å². The summed E-state index contributed by atoms with van der Waals surface area (Å²) < 4.78 is 13.3. The van der Waals surface area contributed by atoms with Gasteiger partial charge in [0.2, 0.25) is 5.91 Å². The van der Waals surface area contributed by atoms with Crippen LogP contribution < -0.4 is 5.32 Å². The van der Waals surface area contributed by atoms with E-state index in [-0.39, 0.29) is 18.1 Å². The van der Waals surface area contributed by atoms with Crippen LogP contribution in [-0.4, -0.2) is 17.4 Å². The molecular weight excluding hydrogens is 323 g/mol. The van der Waals surface area contributed by atoms with Gasteiger partial charge in [-0.15, -0.1) is 11.3 Å². The van der Waals surface area contributed by atoms with E-state index >= 15 is 0 Å². The minimum atomic E-state index is -0.279. The lowest BCUT2D eigenvalue weighted by Gasteiger charge is -2.12. The third-order valence-electron chi connectivity index (χ3n) is 4.12. The van der Waals surface area contributed by atoms with Crippen molar-refractivity contribution >= 4 is 17.2 Å². The van der Waals surface area contributed by atoms with Gasteiger partial charge in [0, 0.05) is 17.5 Å². The van der Waals surface area contributed by atoms with Gasteiger partial charge in [0.25, 0.3) is 0 Å². The SMILES string of the molecule is O=C(Cc1csc(-c2cccc(F)c2)n1)NCCC1=CCCCC1. The smallest absolute Gasteiger partial charge is 0.226 e. The zero-order valence-electron chi connectivity index (χ0n) is 13.6. The van der Waals surface area contributed by atoms with Gasteiger partial charge < -0.3 is 5.32 Å². The summed E-state index contributed by atoms with van der Waals surface area (Å²) in [5.74, 6) is -0.290. The molecule has 0 radical (unpaired) electrons. The highest BCUT2D eigenvalue weighted by atomic mass is 32.1. The summed E-state index contributed by atoms with van der Waals surface area (Å²) >= 11 is 1.43. The molecule has 0 saturated carbocycles. The largest absolute Gasteiger partial charge is 0.355 e. The van der Waals surface area contributed by atoms with Crippen molar-refractivity contribution in [2.75, 3.05) is 6.54 Å². The van der Waals surface area contributed by atoms with E-state index in [2.05, 4.69) is 16.4 Å². The van der Waals surface area contributed by atoms with Crippen molar-refractivity contribution in [3.63, 3.8) is 0 Å². The second-order valence-corrected chi connectivity index (χ2v) is 6.90. The summed E-state index contributed by atoms with van der Waals surface area (Å²) in [6, 6.07) is 6.36. The molecule has 0 saturated heterocycles. The normalized spacial score (nSPS) is 14.3. The number of allylic oxidation sites excluding steroid dienone is 1.